The van der Waals surface area contributed by atoms with Crippen LogP contribution in [0.25, 0.3) is 10.9 Å². The molecule has 2 atom stereocenters. The number of para-hydroxylation sites is 1. The Morgan fingerprint density at radius 3 is 2.78 bits per heavy atom. The zero-order chi connectivity index (χ0) is 19.6. The molecule has 0 radical (unpaired) electrons. The van der Waals surface area contributed by atoms with Gasteiger partial charge in [0.05, 0.1) is 24.1 Å². The number of esters is 1. The normalized spacial score (nSPS) is 17.3. The quantitative estimate of drug-likeness (QED) is 0.756. The average molecular weight is 368 g/mol. The Balaban J connectivity index is 2.07. The summed E-state index contributed by atoms with van der Waals surface area (Å²) in [4.78, 5) is 32.0. The van der Waals surface area contributed by atoms with Crippen molar-refractivity contribution in [2.45, 2.75) is 40.0 Å². The summed E-state index contributed by atoms with van der Waals surface area (Å²) in [6.07, 6.45) is 2.88. The summed E-state index contributed by atoms with van der Waals surface area (Å²) in [5.74, 6) is -0.133. The zero-order valence-electron chi connectivity index (χ0n) is 16.6. The Morgan fingerprint density at radius 2 is 2.07 bits per heavy atom. The third-order valence-electron chi connectivity index (χ3n) is 5.49. The van der Waals surface area contributed by atoms with Crippen LogP contribution in [0.1, 0.15) is 48.8 Å². The van der Waals surface area contributed by atoms with E-state index >= 15 is 0 Å². The minimum Gasteiger partial charge on any atom is -0.469 e. The van der Waals surface area contributed by atoms with Gasteiger partial charge in [-0.25, -0.2) is 0 Å². The maximum atomic E-state index is 13.6. The molecule has 0 saturated heterocycles. The summed E-state index contributed by atoms with van der Waals surface area (Å²) in [6, 6.07) is 7.86. The minimum absolute atomic E-state index is 0.0165. The zero-order valence-corrected chi connectivity index (χ0v) is 16.6. The molecule has 5 heteroatoms. The van der Waals surface area contributed by atoms with Crippen molar-refractivity contribution in [3.8, 4) is 0 Å². The summed E-state index contributed by atoms with van der Waals surface area (Å²) >= 11 is 0. The van der Waals surface area contributed by atoms with Gasteiger partial charge in [-0.15, -0.1) is 0 Å². The molecule has 1 heterocycles. The summed E-state index contributed by atoms with van der Waals surface area (Å²) in [7, 11) is 1.38. The highest BCUT2D eigenvalue weighted by Gasteiger charge is 2.29. The first-order valence-electron chi connectivity index (χ1n) is 9.73. The first-order chi connectivity index (χ1) is 13.0. The highest BCUT2D eigenvalue weighted by Crippen LogP contribution is 2.32. The van der Waals surface area contributed by atoms with Gasteiger partial charge in [0.25, 0.3) is 5.91 Å². The number of pyridine rings is 1. The molecule has 1 aliphatic rings. The predicted octanol–water partition coefficient (Wildman–Crippen LogP) is 3.63. The first-order valence-corrected chi connectivity index (χ1v) is 9.73. The van der Waals surface area contributed by atoms with E-state index in [9.17, 15) is 9.59 Å². The predicted molar refractivity (Wildman–Crippen MR) is 106 cm³/mol. The van der Waals surface area contributed by atoms with Gasteiger partial charge < -0.3 is 9.64 Å². The lowest BCUT2D eigenvalue weighted by atomic mass is 9.83. The second-order valence-electron chi connectivity index (χ2n) is 7.55. The van der Waals surface area contributed by atoms with Gasteiger partial charge in [-0.1, -0.05) is 32.0 Å². The van der Waals surface area contributed by atoms with Gasteiger partial charge >= 0.3 is 5.97 Å². The first kappa shape index (κ1) is 19.3. The number of carbonyl (C=O) groups is 2. The molecule has 1 amide bonds. The largest absolute Gasteiger partial charge is 0.469 e. The molecule has 144 valence electrons. The Labute approximate surface area is 160 Å². The van der Waals surface area contributed by atoms with Crippen molar-refractivity contribution in [3.63, 3.8) is 0 Å². The molecule has 27 heavy (non-hydrogen) atoms. The van der Waals surface area contributed by atoms with E-state index in [0.29, 0.717) is 19.0 Å². The maximum Gasteiger partial charge on any atom is 0.310 e. The molecule has 2 aromatic rings. The smallest absolute Gasteiger partial charge is 0.310 e. The topological polar surface area (TPSA) is 59.5 Å². The van der Waals surface area contributed by atoms with E-state index < -0.39 is 0 Å². The van der Waals surface area contributed by atoms with Crippen LogP contribution in [-0.4, -0.2) is 42.0 Å². The number of ether oxygens (including phenoxy) is 1. The molecule has 1 aromatic carbocycles. The van der Waals surface area contributed by atoms with Crippen LogP contribution in [0.3, 0.4) is 0 Å². The number of methoxy groups -OCH3 is 1. The van der Waals surface area contributed by atoms with Gasteiger partial charge in [0.15, 0.2) is 0 Å². The van der Waals surface area contributed by atoms with Crippen molar-refractivity contribution in [2.75, 3.05) is 20.2 Å². The van der Waals surface area contributed by atoms with E-state index in [2.05, 4.69) is 6.92 Å². The van der Waals surface area contributed by atoms with Gasteiger partial charge in [0, 0.05) is 24.2 Å². The van der Waals surface area contributed by atoms with Crippen LogP contribution in [0, 0.1) is 11.8 Å². The molecule has 0 saturated carbocycles. The fourth-order valence-electron chi connectivity index (χ4n) is 3.93. The number of hydrogen-bond donors (Lipinski definition) is 0. The lowest BCUT2D eigenvalue weighted by molar-refractivity contribution is -0.145. The number of amides is 1. The average Bonchev–Trinajstić information content (AvgIpc) is 2.68. The molecule has 0 N–H and O–H groups in total. The molecule has 1 aliphatic carbocycles. The van der Waals surface area contributed by atoms with Crippen LogP contribution in [0.5, 0.6) is 0 Å². The van der Waals surface area contributed by atoms with Gasteiger partial charge in [-0.05, 0) is 43.7 Å². The van der Waals surface area contributed by atoms with Crippen molar-refractivity contribution >= 4 is 22.8 Å². The van der Waals surface area contributed by atoms with Crippen molar-refractivity contribution < 1.29 is 14.3 Å². The van der Waals surface area contributed by atoms with Crippen LogP contribution >= 0.6 is 0 Å². The second-order valence-corrected chi connectivity index (χ2v) is 7.55. The summed E-state index contributed by atoms with van der Waals surface area (Å²) < 4.78 is 4.83. The van der Waals surface area contributed by atoms with E-state index in [1.165, 1.54) is 7.11 Å². The Bertz CT molecular complexity index is 862. The number of hydrogen-bond acceptors (Lipinski definition) is 4. The molecular weight excluding hydrogens is 340 g/mol. The molecule has 0 aliphatic heterocycles. The lowest BCUT2D eigenvalue weighted by Gasteiger charge is -2.28. The number of fused-ring (bicyclic) bond motifs is 2. The van der Waals surface area contributed by atoms with E-state index in [1.54, 1.807) is 11.8 Å². The molecule has 5 nitrogen and oxygen atoms in total. The third-order valence-corrected chi connectivity index (χ3v) is 5.49. The number of nitrogens with zero attached hydrogens (tertiary/aromatic N) is 2. The SMILES string of the molecule is CCN(CC(C)C(=O)OC)C(=O)c1c2c(nc3ccccc13)CCC(C)C2. The third kappa shape index (κ3) is 3.82. The summed E-state index contributed by atoms with van der Waals surface area (Å²) in [6.45, 7) is 6.86. The van der Waals surface area contributed by atoms with E-state index in [4.69, 9.17) is 9.72 Å². The Hall–Kier alpha value is -2.43. The van der Waals surface area contributed by atoms with Crippen LogP contribution in [0.2, 0.25) is 0 Å². The number of aryl methyl sites for hydroxylation is 1. The number of carbonyl (C=O) groups excluding carboxylic acids is 2. The Kier molecular flexibility index (Phi) is 5.78. The monoisotopic (exact) mass is 368 g/mol. The summed E-state index contributed by atoms with van der Waals surface area (Å²) in [5.41, 5.74) is 3.76. The van der Waals surface area contributed by atoms with Crippen molar-refractivity contribution in [2.24, 2.45) is 11.8 Å². The molecule has 0 bridgehead atoms. The highest BCUT2D eigenvalue weighted by molar-refractivity contribution is 6.07. The Morgan fingerprint density at radius 1 is 1.33 bits per heavy atom. The number of benzene rings is 1. The van der Waals surface area contributed by atoms with Gasteiger partial charge in [0.1, 0.15) is 0 Å². The number of aromatic nitrogens is 1. The molecule has 0 fully saturated rings. The van der Waals surface area contributed by atoms with Gasteiger partial charge in [-0.3, -0.25) is 14.6 Å². The van der Waals surface area contributed by atoms with Gasteiger partial charge in [0.2, 0.25) is 0 Å². The standard InChI is InChI=1S/C22H28N2O3/c1-5-24(13-15(3)22(26)27-4)21(25)20-16-8-6-7-9-18(16)23-19-11-10-14(2)12-17(19)20/h6-9,14-15H,5,10-13H2,1-4H3. The van der Waals surface area contributed by atoms with E-state index in [1.807, 2.05) is 31.2 Å². The van der Waals surface area contributed by atoms with Crippen molar-refractivity contribution in [3.05, 3.63) is 41.1 Å². The fourth-order valence-corrected chi connectivity index (χ4v) is 3.93. The number of rotatable bonds is 5. The van der Waals surface area contributed by atoms with Crippen LogP contribution in [0.15, 0.2) is 24.3 Å². The fraction of sp³-hybridized carbons (Fsp3) is 0.500. The van der Waals surface area contributed by atoms with Crippen molar-refractivity contribution in [1.82, 2.24) is 9.88 Å². The summed E-state index contributed by atoms with van der Waals surface area (Å²) in [5, 5.41) is 0.902. The maximum absolute atomic E-state index is 13.6. The highest BCUT2D eigenvalue weighted by atomic mass is 16.5. The van der Waals surface area contributed by atoms with Crippen LogP contribution < -0.4 is 0 Å². The molecule has 1 aromatic heterocycles. The molecular formula is C22H28N2O3. The minimum atomic E-state index is -0.359. The van der Waals surface area contributed by atoms with Crippen LogP contribution in [-0.2, 0) is 22.4 Å². The molecule has 3 rings (SSSR count). The lowest BCUT2D eigenvalue weighted by Crippen LogP contribution is -2.38. The van der Waals surface area contributed by atoms with Gasteiger partial charge in [-0.2, -0.15) is 0 Å². The second kappa shape index (κ2) is 8.07. The van der Waals surface area contributed by atoms with E-state index in [0.717, 1.165) is 47.0 Å². The van der Waals surface area contributed by atoms with Crippen LogP contribution in [0.4, 0.5) is 0 Å². The molecule has 2 unspecified atom stereocenters. The van der Waals surface area contributed by atoms with E-state index in [-0.39, 0.29) is 17.8 Å². The van der Waals surface area contributed by atoms with Crippen molar-refractivity contribution in [1.29, 1.82) is 0 Å². The molecule has 0 spiro atoms.